The fourth-order valence-corrected chi connectivity index (χ4v) is 3.13. The smallest absolute Gasteiger partial charge is 0.0379 e. The summed E-state index contributed by atoms with van der Waals surface area (Å²) in [4.78, 5) is 4.39. The Morgan fingerprint density at radius 2 is 1.95 bits per heavy atom. The first-order chi connectivity index (χ1) is 10.3. The number of hydrogen-bond acceptors (Lipinski definition) is 2. The molecule has 0 bridgehead atoms. The van der Waals surface area contributed by atoms with E-state index in [0.29, 0.717) is 0 Å². The Labute approximate surface area is 133 Å². The third kappa shape index (κ3) is 3.14. The van der Waals surface area contributed by atoms with Crippen molar-refractivity contribution in [2.45, 2.75) is 12.5 Å². The lowest BCUT2D eigenvalue weighted by Gasteiger charge is -2.18. The van der Waals surface area contributed by atoms with Crippen molar-refractivity contribution in [2.24, 2.45) is 0 Å². The van der Waals surface area contributed by atoms with Crippen LogP contribution in [0.25, 0.3) is 10.8 Å². The van der Waals surface area contributed by atoms with Gasteiger partial charge >= 0.3 is 0 Å². The van der Waals surface area contributed by atoms with Crippen molar-refractivity contribution in [1.29, 1.82) is 0 Å². The van der Waals surface area contributed by atoms with E-state index in [2.05, 4.69) is 74.8 Å². The average molecular weight is 341 g/mol. The molecule has 0 aliphatic carbocycles. The predicted molar refractivity (Wildman–Crippen MR) is 91.4 cm³/mol. The number of hydrogen-bond donors (Lipinski definition) is 1. The quantitative estimate of drug-likeness (QED) is 0.756. The molecule has 1 unspecified atom stereocenters. The second-order valence-electron chi connectivity index (χ2n) is 5.13. The van der Waals surface area contributed by atoms with E-state index in [4.69, 9.17) is 0 Å². The van der Waals surface area contributed by atoms with Crippen molar-refractivity contribution < 1.29 is 0 Å². The maximum Gasteiger partial charge on any atom is 0.0379 e. The molecule has 1 aromatic heterocycles. The summed E-state index contributed by atoms with van der Waals surface area (Å²) in [7, 11) is 2.00. The molecule has 3 aromatic rings. The van der Waals surface area contributed by atoms with Crippen LogP contribution in [0.3, 0.4) is 0 Å². The Kier molecular flexibility index (Phi) is 4.32. The van der Waals surface area contributed by atoms with Crippen molar-refractivity contribution in [3.05, 3.63) is 76.5 Å². The van der Waals surface area contributed by atoms with E-state index in [0.717, 1.165) is 10.9 Å². The molecule has 0 aliphatic rings. The maximum atomic E-state index is 4.39. The van der Waals surface area contributed by atoms with Gasteiger partial charge in [-0.15, -0.1) is 0 Å². The van der Waals surface area contributed by atoms with Gasteiger partial charge in [0.05, 0.1) is 0 Å². The van der Waals surface area contributed by atoms with Crippen LogP contribution in [-0.2, 0) is 6.42 Å². The highest BCUT2D eigenvalue weighted by molar-refractivity contribution is 9.10. The van der Waals surface area contributed by atoms with Crippen LogP contribution < -0.4 is 5.32 Å². The zero-order valence-electron chi connectivity index (χ0n) is 11.9. The van der Waals surface area contributed by atoms with Crippen LogP contribution in [0.1, 0.15) is 17.2 Å². The van der Waals surface area contributed by atoms with Gasteiger partial charge in [0.25, 0.3) is 0 Å². The minimum absolute atomic E-state index is 0.248. The molecule has 1 heterocycles. The molecular weight excluding hydrogens is 324 g/mol. The van der Waals surface area contributed by atoms with Crippen molar-refractivity contribution in [2.75, 3.05) is 7.05 Å². The molecule has 1 N–H and O–H groups in total. The Morgan fingerprint density at radius 3 is 2.76 bits per heavy atom. The zero-order chi connectivity index (χ0) is 14.7. The highest BCUT2D eigenvalue weighted by atomic mass is 79.9. The first-order valence-corrected chi connectivity index (χ1v) is 7.81. The Bertz CT molecular complexity index is 750. The van der Waals surface area contributed by atoms with Gasteiger partial charge in [0.2, 0.25) is 0 Å². The lowest BCUT2D eigenvalue weighted by Crippen LogP contribution is -2.19. The lowest BCUT2D eigenvalue weighted by molar-refractivity contribution is 0.594. The summed E-state index contributed by atoms with van der Waals surface area (Å²) in [5.74, 6) is 0. The van der Waals surface area contributed by atoms with Gasteiger partial charge in [0.1, 0.15) is 0 Å². The summed E-state index contributed by atoms with van der Waals surface area (Å²) in [5, 5.41) is 5.87. The second kappa shape index (κ2) is 6.37. The Morgan fingerprint density at radius 1 is 1.10 bits per heavy atom. The molecule has 2 aromatic carbocycles. The molecule has 0 aliphatic heterocycles. The number of nitrogens with one attached hydrogen (secondary N) is 1. The Balaban J connectivity index is 1.98. The molecule has 0 spiro atoms. The molecule has 0 radical (unpaired) electrons. The molecule has 3 rings (SSSR count). The largest absolute Gasteiger partial charge is 0.313 e. The first kappa shape index (κ1) is 14.2. The molecule has 0 amide bonds. The molecule has 2 nitrogen and oxygen atoms in total. The number of benzene rings is 2. The van der Waals surface area contributed by atoms with Gasteiger partial charge < -0.3 is 5.32 Å². The number of nitrogens with zero attached hydrogens (tertiary/aromatic N) is 1. The second-order valence-corrected chi connectivity index (χ2v) is 6.04. The van der Waals surface area contributed by atoms with E-state index in [1.807, 2.05) is 19.4 Å². The van der Waals surface area contributed by atoms with Gasteiger partial charge in [-0.2, -0.15) is 0 Å². The van der Waals surface area contributed by atoms with Crippen LogP contribution in [0.15, 0.2) is 65.4 Å². The lowest BCUT2D eigenvalue weighted by atomic mass is 9.96. The fraction of sp³-hybridized carbons (Fsp3) is 0.167. The van der Waals surface area contributed by atoms with Crippen LogP contribution in [-0.4, -0.2) is 12.0 Å². The average Bonchev–Trinajstić information content (AvgIpc) is 2.52. The number of rotatable bonds is 4. The summed E-state index contributed by atoms with van der Waals surface area (Å²) in [5.41, 5.74) is 2.55. The molecule has 0 saturated heterocycles. The minimum Gasteiger partial charge on any atom is -0.313 e. The summed E-state index contributed by atoms with van der Waals surface area (Å²) in [6.07, 6.45) is 4.83. The first-order valence-electron chi connectivity index (χ1n) is 7.02. The normalized spacial score (nSPS) is 12.5. The topological polar surface area (TPSA) is 24.9 Å². The number of halogens is 1. The van der Waals surface area contributed by atoms with Gasteiger partial charge in [0, 0.05) is 28.3 Å². The SMILES string of the molecule is CNC(Cc1cccc(Br)c1)c1cncc2ccccc12. The molecule has 0 saturated carbocycles. The molecule has 1 atom stereocenters. The molecular formula is C18H17BrN2. The Hall–Kier alpha value is -1.71. The van der Waals surface area contributed by atoms with Crippen molar-refractivity contribution in [1.82, 2.24) is 10.3 Å². The summed E-state index contributed by atoms with van der Waals surface area (Å²) < 4.78 is 1.12. The van der Waals surface area contributed by atoms with Crippen molar-refractivity contribution >= 4 is 26.7 Å². The van der Waals surface area contributed by atoms with Gasteiger partial charge in [-0.3, -0.25) is 4.98 Å². The fourth-order valence-electron chi connectivity index (χ4n) is 2.68. The zero-order valence-corrected chi connectivity index (χ0v) is 13.5. The maximum absolute atomic E-state index is 4.39. The number of pyridine rings is 1. The summed E-state index contributed by atoms with van der Waals surface area (Å²) in [6.45, 7) is 0. The van der Waals surface area contributed by atoms with E-state index in [9.17, 15) is 0 Å². The highest BCUT2D eigenvalue weighted by Crippen LogP contribution is 2.26. The third-order valence-corrected chi connectivity index (χ3v) is 4.25. The van der Waals surface area contributed by atoms with E-state index >= 15 is 0 Å². The van der Waals surface area contributed by atoms with E-state index in [-0.39, 0.29) is 6.04 Å². The summed E-state index contributed by atoms with van der Waals surface area (Å²) in [6, 6.07) is 17.1. The van der Waals surface area contributed by atoms with Gasteiger partial charge in [-0.1, -0.05) is 52.3 Å². The van der Waals surface area contributed by atoms with Crippen LogP contribution in [0.4, 0.5) is 0 Å². The van der Waals surface area contributed by atoms with E-state index < -0.39 is 0 Å². The van der Waals surface area contributed by atoms with Gasteiger partial charge in [-0.25, -0.2) is 0 Å². The van der Waals surface area contributed by atoms with E-state index in [1.165, 1.54) is 21.9 Å². The molecule has 106 valence electrons. The molecule has 0 fully saturated rings. The van der Waals surface area contributed by atoms with Crippen LogP contribution >= 0.6 is 15.9 Å². The summed E-state index contributed by atoms with van der Waals surface area (Å²) >= 11 is 3.54. The minimum atomic E-state index is 0.248. The van der Waals surface area contributed by atoms with Crippen LogP contribution in [0.2, 0.25) is 0 Å². The standard InChI is InChI=1S/C18H17BrN2/c1-20-18(10-13-5-4-7-15(19)9-13)17-12-21-11-14-6-2-3-8-16(14)17/h2-9,11-12,18,20H,10H2,1H3. The molecule has 3 heteroatoms. The predicted octanol–water partition coefficient (Wildman–Crippen LogP) is 4.50. The van der Waals surface area contributed by atoms with E-state index in [1.54, 1.807) is 0 Å². The number of fused-ring (bicyclic) bond motifs is 1. The van der Waals surface area contributed by atoms with Crippen molar-refractivity contribution in [3.8, 4) is 0 Å². The van der Waals surface area contributed by atoms with Crippen LogP contribution in [0.5, 0.6) is 0 Å². The van der Waals surface area contributed by atoms with Crippen molar-refractivity contribution in [3.63, 3.8) is 0 Å². The third-order valence-electron chi connectivity index (χ3n) is 3.75. The monoisotopic (exact) mass is 340 g/mol. The molecule has 21 heavy (non-hydrogen) atoms. The number of likely N-dealkylation sites (N-methyl/N-ethyl adjacent to an activating group) is 1. The van der Waals surface area contributed by atoms with Crippen LogP contribution in [0, 0.1) is 0 Å². The van der Waals surface area contributed by atoms with Gasteiger partial charge in [0.15, 0.2) is 0 Å². The number of aromatic nitrogens is 1. The van der Waals surface area contributed by atoms with Gasteiger partial charge in [-0.05, 0) is 42.1 Å². The highest BCUT2D eigenvalue weighted by Gasteiger charge is 2.13.